The third kappa shape index (κ3) is 5.11. The number of benzene rings is 1. The molecule has 1 fully saturated rings. The Hall–Kier alpha value is -1.27. The second-order valence-corrected chi connectivity index (χ2v) is 7.07. The summed E-state index contributed by atoms with van der Waals surface area (Å²) in [6, 6.07) is 8.92. The Morgan fingerprint density at radius 3 is 2.48 bits per heavy atom. The lowest BCUT2D eigenvalue weighted by Gasteiger charge is -2.35. The fraction of sp³-hybridized carbons (Fsp3) is 0.500. The molecule has 4 nitrogen and oxygen atoms in total. The van der Waals surface area contributed by atoms with Crippen LogP contribution in [0.4, 0.5) is 0 Å². The van der Waals surface area contributed by atoms with Gasteiger partial charge in [0, 0.05) is 38.1 Å². The van der Waals surface area contributed by atoms with Crippen LogP contribution in [0.3, 0.4) is 0 Å². The summed E-state index contributed by atoms with van der Waals surface area (Å²) in [5.41, 5.74) is 5.67. The van der Waals surface area contributed by atoms with Crippen LogP contribution in [-0.4, -0.2) is 35.2 Å². The van der Waals surface area contributed by atoms with E-state index in [0.717, 1.165) is 38.4 Å². The Morgan fingerprint density at radius 2 is 1.83 bits per heavy atom. The van der Waals surface area contributed by atoms with Gasteiger partial charge in [-0.05, 0) is 25.0 Å². The topological polar surface area (TPSA) is 37.4 Å². The quantitative estimate of drug-likeness (QED) is 0.883. The SMILES string of the molecule is CC1CN(Cc2ccc(CNCc3cscn3)cc2)CC(C)O1. The third-order valence-corrected chi connectivity index (χ3v) is 4.68. The zero-order valence-electron chi connectivity index (χ0n) is 13.9. The molecular weight excluding hydrogens is 306 g/mol. The van der Waals surface area contributed by atoms with E-state index in [1.165, 1.54) is 11.1 Å². The normalized spacial score (nSPS) is 22.3. The van der Waals surface area contributed by atoms with Crippen molar-refractivity contribution < 1.29 is 4.74 Å². The molecule has 5 heteroatoms. The first kappa shape index (κ1) is 16.6. The first-order chi connectivity index (χ1) is 11.2. The zero-order valence-corrected chi connectivity index (χ0v) is 14.7. The second-order valence-electron chi connectivity index (χ2n) is 6.35. The van der Waals surface area contributed by atoms with Crippen molar-refractivity contribution in [1.29, 1.82) is 0 Å². The summed E-state index contributed by atoms with van der Waals surface area (Å²) in [6.07, 6.45) is 0.654. The van der Waals surface area contributed by atoms with Crippen molar-refractivity contribution >= 4 is 11.3 Å². The third-order valence-electron chi connectivity index (χ3n) is 4.04. The fourth-order valence-corrected chi connectivity index (χ4v) is 3.65. The molecule has 1 aromatic carbocycles. The molecule has 0 radical (unpaired) electrons. The molecular formula is C18H25N3OS. The number of ether oxygens (including phenoxy) is 1. The Kier molecular flexibility index (Phi) is 5.78. The van der Waals surface area contributed by atoms with Crippen LogP contribution in [0.5, 0.6) is 0 Å². The molecule has 2 heterocycles. The van der Waals surface area contributed by atoms with Crippen molar-refractivity contribution in [2.45, 2.75) is 45.7 Å². The van der Waals surface area contributed by atoms with Gasteiger partial charge < -0.3 is 10.1 Å². The predicted octanol–water partition coefficient (Wildman–Crippen LogP) is 3.04. The molecule has 1 aliphatic heterocycles. The van der Waals surface area contributed by atoms with Crippen molar-refractivity contribution in [1.82, 2.24) is 15.2 Å². The van der Waals surface area contributed by atoms with Gasteiger partial charge in [-0.1, -0.05) is 24.3 Å². The second kappa shape index (κ2) is 8.02. The van der Waals surface area contributed by atoms with Gasteiger partial charge in [0.2, 0.25) is 0 Å². The van der Waals surface area contributed by atoms with E-state index in [-0.39, 0.29) is 0 Å². The van der Waals surface area contributed by atoms with E-state index in [9.17, 15) is 0 Å². The summed E-state index contributed by atoms with van der Waals surface area (Å²) >= 11 is 1.64. The van der Waals surface area contributed by atoms with E-state index in [2.05, 4.69) is 58.7 Å². The van der Waals surface area contributed by atoms with Crippen molar-refractivity contribution in [2.24, 2.45) is 0 Å². The van der Waals surface area contributed by atoms with Crippen LogP contribution in [-0.2, 0) is 24.4 Å². The molecule has 1 aliphatic rings. The summed E-state index contributed by atoms with van der Waals surface area (Å²) in [5.74, 6) is 0. The van der Waals surface area contributed by atoms with E-state index in [4.69, 9.17) is 4.74 Å². The van der Waals surface area contributed by atoms with Gasteiger partial charge in [0.25, 0.3) is 0 Å². The maximum absolute atomic E-state index is 5.79. The molecule has 1 aromatic heterocycles. The van der Waals surface area contributed by atoms with Crippen LogP contribution in [0.15, 0.2) is 35.2 Å². The van der Waals surface area contributed by atoms with Gasteiger partial charge in [0.1, 0.15) is 0 Å². The van der Waals surface area contributed by atoms with Crippen LogP contribution in [0.1, 0.15) is 30.7 Å². The largest absolute Gasteiger partial charge is 0.373 e. The molecule has 124 valence electrons. The number of nitrogens with zero attached hydrogens (tertiary/aromatic N) is 2. The number of nitrogens with one attached hydrogen (secondary N) is 1. The van der Waals surface area contributed by atoms with Gasteiger partial charge in [0.15, 0.2) is 0 Å². The first-order valence-electron chi connectivity index (χ1n) is 8.22. The number of hydrogen-bond acceptors (Lipinski definition) is 5. The van der Waals surface area contributed by atoms with Crippen LogP contribution in [0.2, 0.25) is 0 Å². The first-order valence-corrected chi connectivity index (χ1v) is 9.17. The number of thiazole rings is 1. The molecule has 2 atom stereocenters. The molecule has 0 bridgehead atoms. The highest BCUT2D eigenvalue weighted by Gasteiger charge is 2.21. The number of morpholine rings is 1. The van der Waals surface area contributed by atoms with E-state index in [1.54, 1.807) is 11.3 Å². The van der Waals surface area contributed by atoms with E-state index >= 15 is 0 Å². The van der Waals surface area contributed by atoms with E-state index in [1.807, 2.05) is 5.51 Å². The summed E-state index contributed by atoms with van der Waals surface area (Å²) in [4.78, 5) is 6.76. The number of aromatic nitrogens is 1. The molecule has 0 spiro atoms. The van der Waals surface area contributed by atoms with Crippen molar-refractivity contribution in [3.63, 3.8) is 0 Å². The Labute approximate surface area is 142 Å². The van der Waals surface area contributed by atoms with Crippen molar-refractivity contribution in [3.8, 4) is 0 Å². The van der Waals surface area contributed by atoms with E-state index in [0.29, 0.717) is 12.2 Å². The van der Waals surface area contributed by atoms with Gasteiger partial charge in [-0.15, -0.1) is 11.3 Å². The maximum atomic E-state index is 5.79. The molecule has 0 amide bonds. The molecule has 2 unspecified atom stereocenters. The van der Waals surface area contributed by atoms with Crippen molar-refractivity contribution in [3.05, 3.63) is 52.0 Å². The Bertz CT molecular complexity index is 575. The van der Waals surface area contributed by atoms with Gasteiger partial charge in [-0.3, -0.25) is 4.90 Å². The van der Waals surface area contributed by atoms with Gasteiger partial charge in [-0.2, -0.15) is 0 Å². The molecule has 1 N–H and O–H groups in total. The molecule has 2 aromatic rings. The predicted molar refractivity (Wildman–Crippen MR) is 94.4 cm³/mol. The standard InChI is InChI=1S/C18H25N3OS/c1-14-9-21(10-15(2)22-14)11-17-5-3-16(4-6-17)7-19-8-18-12-23-13-20-18/h3-6,12-15,19H,7-11H2,1-2H3. The minimum Gasteiger partial charge on any atom is -0.373 e. The maximum Gasteiger partial charge on any atom is 0.0795 e. The smallest absolute Gasteiger partial charge is 0.0795 e. The fourth-order valence-electron chi connectivity index (χ4n) is 3.09. The van der Waals surface area contributed by atoms with Gasteiger partial charge in [0.05, 0.1) is 23.4 Å². The molecule has 23 heavy (non-hydrogen) atoms. The Morgan fingerprint density at radius 1 is 1.13 bits per heavy atom. The number of hydrogen-bond donors (Lipinski definition) is 1. The Balaban J connectivity index is 1.47. The highest BCUT2D eigenvalue weighted by atomic mass is 32.1. The monoisotopic (exact) mass is 331 g/mol. The average molecular weight is 331 g/mol. The minimum atomic E-state index is 0.327. The highest BCUT2D eigenvalue weighted by molar-refractivity contribution is 7.07. The lowest BCUT2D eigenvalue weighted by atomic mass is 10.1. The average Bonchev–Trinajstić information content (AvgIpc) is 3.01. The van der Waals surface area contributed by atoms with Crippen LogP contribution >= 0.6 is 11.3 Å². The summed E-state index contributed by atoms with van der Waals surface area (Å²) in [7, 11) is 0. The summed E-state index contributed by atoms with van der Waals surface area (Å²) < 4.78 is 5.79. The lowest BCUT2D eigenvalue weighted by molar-refractivity contribution is -0.0704. The van der Waals surface area contributed by atoms with Crippen LogP contribution in [0, 0.1) is 0 Å². The summed E-state index contributed by atoms with van der Waals surface area (Å²) in [6.45, 7) is 9.05. The molecule has 0 saturated carbocycles. The number of rotatable bonds is 6. The zero-order chi connectivity index (χ0) is 16.1. The summed E-state index contributed by atoms with van der Waals surface area (Å²) in [5, 5.41) is 5.52. The molecule has 3 rings (SSSR count). The minimum absolute atomic E-state index is 0.327. The van der Waals surface area contributed by atoms with Crippen LogP contribution < -0.4 is 5.32 Å². The molecule has 1 saturated heterocycles. The van der Waals surface area contributed by atoms with E-state index < -0.39 is 0 Å². The van der Waals surface area contributed by atoms with Crippen LogP contribution in [0.25, 0.3) is 0 Å². The van der Waals surface area contributed by atoms with Gasteiger partial charge in [-0.25, -0.2) is 4.98 Å². The molecule has 0 aliphatic carbocycles. The highest BCUT2D eigenvalue weighted by Crippen LogP contribution is 2.14. The lowest BCUT2D eigenvalue weighted by Crippen LogP contribution is -2.44. The van der Waals surface area contributed by atoms with Gasteiger partial charge >= 0.3 is 0 Å². The van der Waals surface area contributed by atoms with Crippen molar-refractivity contribution in [2.75, 3.05) is 13.1 Å².